The van der Waals surface area contributed by atoms with E-state index in [1.807, 2.05) is 61.5 Å². The molecular weight excluding hydrogens is 372 g/mol. The third kappa shape index (κ3) is 3.80. The van der Waals surface area contributed by atoms with Crippen molar-refractivity contribution in [3.8, 4) is 11.3 Å². The number of fused-ring (bicyclic) bond motifs is 1. The summed E-state index contributed by atoms with van der Waals surface area (Å²) < 4.78 is 0. The number of amides is 1. The fourth-order valence-electron chi connectivity index (χ4n) is 2.86. The Hall–Kier alpha value is -3.44. The molecule has 0 atom stereocenters. The Morgan fingerprint density at radius 2 is 1.68 bits per heavy atom. The van der Waals surface area contributed by atoms with Crippen molar-refractivity contribution >= 4 is 34.4 Å². The largest absolute Gasteiger partial charge is 0.269 e. The molecule has 2 N–H and O–H groups in total. The third-order valence-electron chi connectivity index (χ3n) is 4.31. The molecule has 4 aromatic rings. The lowest BCUT2D eigenvalue weighted by Gasteiger charge is -2.11. The molecule has 5 nitrogen and oxygen atoms in total. The lowest BCUT2D eigenvalue weighted by Crippen LogP contribution is -2.30. The van der Waals surface area contributed by atoms with Crippen LogP contribution in [0, 0.1) is 6.92 Å². The number of rotatable bonds is 4. The van der Waals surface area contributed by atoms with E-state index >= 15 is 0 Å². The number of nitrogens with zero attached hydrogens (tertiary/aromatic N) is 2. The van der Waals surface area contributed by atoms with Crippen molar-refractivity contribution in [1.29, 1.82) is 0 Å². The average molecular weight is 389 g/mol. The fraction of sp³-hybridized carbons (Fsp3) is 0.0455. The summed E-state index contributed by atoms with van der Waals surface area (Å²) in [6.07, 6.45) is 0. The average Bonchev–Trinajstić information content (AvgIpc) is 2.72. The van der Waals surface area contributed by atoms with Crippen LogP contribution in [0.15, 0.2) is 72.8 Å². The van der Waals surface area contributed by atoms with E-state index in [2.05, 4.69) is 20.8 Å². The van der Waals surface area contributed by atoms with Crippen molar-refractivity contribution in [3.05, 3.63) is 88.9 Å². The highest BCUT2D eigenvalue weighted by atomic mass is 35.5. The third-order valence-corrected chi connectivity index (χ3v) is 4.54. The molecule has 1 aromatic heterocycles. The lowest BCUT2D eigenvalue weighted by atomic mass is 10.1. The summed E-state index contributed by atoms with van der Waals surface area (Å²) in [5, 5.41) is 1.45. The number of hydrogen-bond donors (Lipinski definition) is 2. The topological polar surface area (TPSA) is 66.9 Å². The smallest absolute Gasteiger partial charge is 0.267 e. The second-order valence-electron chi connectivity index (χ2n) is 6.37. The number of nitrogens with one attached hydrogen (secondary N) is 2. The number of anilines is 1. The van der Waals surface area contributed by atoms with Gasteiger partial charge in [-0.3, -0.25) is 15.6 Å². The van der Waals surface area contributed by atoms with E-state index in [0.29, 0.717) is 16.5 Å². The van der Waals surface area contributed by atoms with E-state index in [4.69, 9.17) is 11.6 Å². The van der Waals surface area contributed by atoms with E-state index in [0.717, 1.165) is 27.7 Å². The standard InChI is InChI=1S/C22H17ClN4O/c1-14-7-9-16(10-8-14)21(28)26-27-22-24-19-12-11-17(23)13-18(19)20(25-22)15-5-3-2-4-6-15/h2-13H,1H3,(H,26,28)(H,24,25,27). The molecular formula is C22H17ClN4O. The molecule has 0 aliphatic rings. The number of halogens is 1. The first kappa shape index (κ1) is 17.9. The van der Waals surface area contributed by atoms with Gasteiger partial charge >= 0.3 is 0 Å². The highest BCUT2D eigenvalue weighted by molar-refractivity contribution is 6.31. The second kappa shape index (κ2) is 7.66. The number of carbonyl (C=O) groups is 1. The molecule has 28 heavy (non-hydrogen) atoms. The molecule has 0 fully saturated rings. The SMILES string of the molecule is Cc1ccc(C(=O)NNc2nc(-c3ccccc3)c3cc(Cl)ccc3n2)cc1. The van der Waals surface area contributed by atoms with Crippen LogP contribution in [0.1, 0.15) is 15.9 Å². The lowest BCUT2D eigenvalue weighted by molar-refractivity contribution is 0.0962. The molecule has 3 aromatic carbocycles. The monoisotopic (exact) mass is 388 g/mol. The molecule has 0 spiro atoms. The number of aryl methyl sites for hydroxylation is 1. The minimum Gasteiger partial charge on any atom is -0.267 e. The van der Waals surface area contributed by atoms with Gasteiger partial charge in [-0.1, -0.05) is 59.6 Å². The predicted octanol–water partition coefficient (Wildman–Crippen LogP) is 5.02. The van der Waals surface area contributed by atoms with Gasteiger partial charge in [-0.05, 0) is 37.3 Å². The van der Waals surface area contributed by atoms with Crippen LogP contribution in [0.2, 0.25) is 5.02 Å². The fourth-order valence-corrected chi connectivity index (χ4v) is 3.03. The van der Waals surface area contributed by atoms with Crippen molar-refractivity contribution in [2.45, 2.75) is 6.92 Å². The van der Waals surface area contributed by atoms with Crippen LogP contribution in [0.3, 0.4) is 0 Å². The summed E-state index contributed by atoms with van der Waals surface area (Å²) in [4.78, 5) is 21.4. The van der Waals surface area contributed by atoms with E-state index < -0.39 is 0 Å². The van der Waals surface area contributed by atoms with Crippen molar-refractivity contribution in [1.82, 2.24) is 15.4 Å². The predicted molar refractivity (Wildman–Crippen MR) is 112 cm³/mol. The molecule has 0 bridgehead atoms. The zero-order chi connectivity index (χ0) is 19.5. The highest BCUT2D eigenvalue weighted by Gasteiger charge is 2.11. The van der Waals surface area contributed by atoms with Crippen LogP contribution in [0.25, 0.3) is 22.2 Å². The van der Waals surface area contributed by atoms with E-state index in [9.17, 15) is 4.79 Å². The van der Waals surface area contributed by atoms with Crippen LogP contribution in [-0.2, 0) is 0 Å². The molecule has 4 rings (SSSR count). The highest BCUT2D eigenvalue weighted by Crippen LogP contribution is 2.29. The summed E-state index contributed by atoms with van der Waals surface area (Å²) in [5.41, 5.74) is 9.51. The van der Waals surface area contributed by atoms with Crippen molar-refractivity contribution in [2.24, 2.45) is 0 Å². The molecule has 0 saturated heterocycles. The summed E-state index contributed by atoms with van der Waals surface area (Å²) in [5.74, 6) is 0.0372. The summed E-state index contributed by atoms with van der Waals surface area (Å²) >= 11 is 6.17. The number of aromatic nitrogens is 2. The van der Waals surface area contributed by atoms with Gasteiger partial charge in [0.1, 0.15) is 0 Å². The van der Waals surface area contributed by atoms with E-state index in [1.54, 1.807) is 18.2 Å². The Balaban J connectivity index is 1.67. The minimum atomic E-state index is -0.263. The summed E-state index contributed by atoms with van der Waals surface area (Å²) in [6.45, 7) is 1.97. The van der Waals surface area contributed by atoms with Crippen LogP contribution in [0.4, 0.5) is 5.95 Å². The van der Waals surface area contributed by atoms with Gasteiger partial charge in [0.25, 0.3) is 5.91 Å². The van der Waals surface area contributed by atoms with Gasteiger partial charge in [0, 0.05) is 21.5 Å². The van der Waals surface area contributed by atoms with Gasteiger partial charge in [0.15, 0.2) is 0 Å². The molecule has 0 saturated carbocycles. The first-order valence-corrected chi connectivity index (χ1v) is 9.14. The Bertz CT molecular complexity index is 1140. The molecule has 0 radical (unpaired) electrons. The molecule has 6 heteroatoms. The van der Waals surface area contributed by atoms with Crippen molar-refractivity contribution in [2.75, 3.05) is 5.43 Å². The van der Waals surface area contributed by atoms with Gasteiger partial charge in [-0.15, -0.1) is 0 Å². The Morgan fingerprint density at radius 1 is 0.929 bits per heavy atom. The van der Waals surface area contributed by atoms with Gasteiger partial charge < -0.3 is 0 Å². The van der Waals surface area contributed by atoms with Crippen molar-refractivity contribution < 1.29 is 4.79 Å². The molecule has 1 amide bonds. The maximum absolute atomic E-state index is 12.3. The van der Waals surface area contributed by atoms with Crippen LogP contribution in [0.5, 0.6) is 0 Å². The molecule has 138 valence electrons. The van der Waals surface area contributed by atoms with Crippen LogP contribution < -0.4 is 10.9 Å². The van der Waals surface area contributed by atoms with Gasteiger partial charge in [0.05, 0.1) is 11.2 Å². The summed E-state index contributed by atoms with van der Waals surface area (Å²) in [7, 11) is 0. The zero-order valence-electron chi connectivity index (χ0n) is 15.1. The first-order valence-electron chi connectivity index (χ1n) is 8.76. The van der Waals surface area contributed by atoms with E-state index in [1.165, 1.54) is 0 Å². The summed E-state index contributed by atoms with van der Waals surface area (Å²) in [6, 6.07) is 22.5. The number of benzene rings is 3. The minimum absolute atomic E-state index is 0.263. The second-order valence-corrected chi connectivity index (χ2v) is 6.80. The molecule has 0 aliphatic heterocycles. The van der Waals surface area contributed by atoms with E-state index in [-0.39, 0.29) is 5.91 Å². The van der Waals surface area contributed by atoms with Gasteiger partial charge in [-0.2, -0.15) is 0 Å². The quantitative estimate of drug-likeness (QED) is 0.482. The number of hydrogen-bond acceptors (Lipinski definition) is 4. The molecule has 1 heterocycles. The van der Waals surface area contributed by atoms with Gasteiger partial charge in [0.2, 0.25) is 5.95 Å². The zero-order valence-corrected chi connectivity index (χ0v) is 15.9. The molecule has 0 unspecified atom stereocenters. The number of hydrazine groups is 1. The van der Waals surface area contributed by atoms with Gasteiger partial charge in [-0.25, -0.2) is 9.97 Å². The first-order chi connectivity index (χ1) is 13.6. The van der Waals surface area contributed by atoms with Crippen LogP contribution >= 0.6 is 11.6 Å². The number of carbonyl (C=O) groups excluding carboxylic acids is 1. The van der Waals surface area contributed by atoms with Crippen molar-refractivity contribution in [3.63, 3.8) is 0 Å². The normalized spacial score (nSPS) is 10.6. The maximum atomic E-state index is 12.3. The Labute approximate surface area is 167 Å². The maximum Gasteiger partial charge on any atom is 0.269 e. The van der Waals surface area contributed by atoms with Crippen LogP contribution in [-0.4, -0.2) is 15.9 Å². The Kier molecular flexibility index (Phi) is 4.91. The Morgan fingerprint density at radius 3 is 2.43 bits per heavy atom. The molecule has 0 aliphatic carbocycles.